The van der Waals surface area contributed by atoms with Gasteiger partial charge in [0.1, 0.15) is 0 Å². The molecule has 0 unspecified atom stereocenters. The Labute approximate surface area is 195 Å². The van der Waals surface area contributed by atoms with Gasteiger partial charge in [0.05, 0.1) is 7.11 Å². The molecule has 6 heteroatoms. The topological polar surface area (TPSA) is 59.6 Å². The summed E-state index contributed by atoms with van der Waals surface area (Å²) in [6.07, 6.45) is 7.73. The fraction of sp³-hybridized carbons (Fsp3) is 0.480. The van der Waals surface area contributed by atoms with Crippen molar-refractivity contribution >= 4 is 27.5 Å². The van der Waals surface area contributed by atoms with Crippen molar-refractivity contribution in [1.29, 1.82) is 0 Å². The highest BCUT2D eigenvalue weighted by Crippen LogP contribution is 2.33. The number of hydrogen-bond acceptors (Lipinski definition) is 4. The maximum atomic E-state index is 12.2. The molecule has 170 valence electrons. The molecular weight excluding hydrogens is 456 g/mol. The highest BCUT2D eigenvalue weighted by atomic mass is 79.9. The lowest BCUT2D eigenvalue weighted by molar-refractivity contribution is -0.118. The van der Waals surface area contributed by atoms with Gasteiger partial charge in [0, 0.05) is 16.7 Å². The van der Waals surface area contributed by atoms with Gasteiger partial charge in [0.25, 0.3) is 5.91 Å². The van der Waals surface area contributed by atoms with Crippen LogP contribution in [0.2, 0.25) is 0 Å². The summed E-state index contributed by atoms with van der Waals surface area (Å²) < 4.78 is 12.1. The smallest absolute Gasteiger partial charge is 0.262 e. The predicted molar refractivity (Wildman–Crippen MR) is 131 cm³/mol. The van der Waals surface area contributed by atoms with E-state index in [2.05, 4.69) is 33.5 Å². The molecule has 5 nitrogen and oxygen atoms in total. The SMILES string of the molecule is CCCCCCCCNCc1cc(OC)c(OCC(=O)Nc2ccc(C)cc2)cc1Br. The Morgan fingerprint density at radius 3 is 2.42 bits per heavy atom. The first kappa shape index (κ1) is 25.2. The van der Waals surface area contributed by atoms with Crippen LogP contribution < -0.4 is 20.1 Å². The van der Waals surface area contributed by atoms with Gasteiger partial charge in [-0.3, -0.25) is 4.79 Å². The number of anilines is 1. The number of ether oxygens (including phenoxy) is 2. The van der Waals surface area contributed by atoms with Gasteiger partial charge in [-0.2, -0.15) is 0 Å². The number of unbranched alkanes of at least 4 members (excludes halogenated alkanes) is 5. The van der Waals surface area contributed by atoms with Crippen molar-refractivity contribution < 1.29 is 14.3 Å². The van der Waals surface area contributed by atoms with Gasteiger partial charge in [0.15, 0.2) is 18.1 Å². The molecular formula is C25H35BrN2O3. The number of amides is 1. The van der Waals surface area contributed by atoms with Crippen LogP contribution in [0.5, 0.6) is 11.5 Å². The van der Waals surface area contributed by atoms with E-state index < -0.39 is 0 Å². The number of rotatable bonds is 14. The zero-order valence-corrected chi connectivity index (χ0v) is 20.5. The zero-order valence-electron chi connectivity index (χ0n) is 18.9. The largest absolute Gasteiger partial charge is 0.493 e. The van der Waals surface area contributed by atoms with E-state index in [1.54, 1.807) is 7.11 Å². The number of aryl methyl sites for hydroxylation is 1. The molecule has 0 fully saturated rings. The Balaban J connectivity index is 1.81. The van der Waals surface area contributed by atoms with Crippen LogP contribution in [0.25, 0.3) is 0 Å². The summed E-state index contributed by atoms with van der Waals surface area (Å²) in [5, 5.41) is 6.33. The molecule has 0 aliphatic carbocycles. The molecule has 0 aliphatic heterocycles. The van der Waals surface area contributed by atoms with Gasteiger partial charge in [-0.1, -0.05) is 72.7 Å². The zero-order chi connectivity index (χ0) is 22.5. The summed E-state index contributed by atoms with van der Waals surface area (Å²) >= 11 is 3.61. The van der Waals surface area contributed by atoms with E-state index in [0.717, 1.165) is 34.4 Å². The van der Waals surface area contributed by atoms with E-state index in [1.165, 1.54) is 38.5 Å². The van der Waals surface area contributed by atoms with E-state index in [0.29, 0.717) is 11.5 Å². The molecule has 0 heterocycles. The van der Waals surface area contributed by atoms with Crippen LogP contribution in [0.3, 0.4) is 0 Å². The Hall–Kier alpha value is -2.05. The summed E-state index contributed by atoms with van der Waals surface area (Å²) in [7, 11) is 1.61. The molecule has 0 aromatic heterocycles. The first-order valence-electron chi connectivity index (χ1n) is 11.1. The maximum absolute atomic E-state index is 12.2. The molecule has 0 atom stereocenters. The second kappa shape index (κ2) is 14.1. The van der Waals surface area contributed by atoms with E-state index in [1.807, 2.05) is 43.3 Å². The number of methoxy groups -OCH3 is 1. The normalized spacial score (nSPS) is 10.7. The lowest BCUT2D eigenvalue weighted by Gasteiger charge is -2.14. The minimum atomic E-state index is -0.216. The van der Waals surface area contributed by atoms with Crippen molar-refractivity contribution in [2.45, 2.75) is 58.9 Å². The van der Waals surface area contributed by atoms with Crippen LogP contribution >= 0.6 is 15.9 Å². The van der Waals surface area contributed by atoms with Crippen molar-refractivity contribution in [3.63, 3.8) is 0 Å². The molecule has 2 N–H and O–H groups in total. The highest BCUT2D eigenvalue weighted by molar-refractivity contribution is 9.10. The van der Waals surface area contributed by atoms with E-state index in [4.69, 9.17) is 9.47 Å². The Morgan fingerprint density at radius 1 is 1.00 bits per heavy atom. The third-order valence-corrected chi connectivity index (χ3v) is 5.79. The van der Waals surface area contributed by atoms with Gasteiger partial charge in [-0.15, -0.1) is 0 Å². The first-order chi connectivity index (χ1) is 15.0. The first-order valence-corrected chi connectivity index (χ1v) is 11.9. The number of hydrogen-bond donors (Lipinski definition) is 2. The summed E-state index contributed by atoms with van der Waals surface area (Å²) in [4.78, 5) is 12.2. The fourth-order valence-electron chi connectivity index (χ4n) is 3.22. The average Bonchev–Trinajstić information content (AvgIpc) is 2.76. The van der Waals surface area contributed by atoms with Crippen molar-refractivity contribution in [3.05, 3.63) is 52.0 Å². The molecule has 2 aromatic carbocycles. The average molecular weight is 491 g/mol. The molecule has 0 saturated heterocycles. The standard InChI is InChI=1S/C25H35BrN2O3/c1-4-5-6-7-8-9-14-27-17-20-15-23(30-3)24(16-22(20)26)31-18-25(29)28-21-12-10-19(2)11-13-21/h10-13,15-16,27H,4-9,14,17-18H2,1-3H3,(H,28,29). The Bertz CT molecular complexity index is 809. The Morgan fingerprint density at radius 2 is 1.71 bits per heavy atom. The van der Waals surface area contributed by atoms with Crippen molar-refractivity contribution in [2.24, 2.45) is 0 Å². The van der Waals surface area contributed by atoms with Crippen LogP contribution in [-0.2, 0) is 11.3 Å². The molecule has 1 amide bonds. The number of nitrogens with one attached hydrogen (secondary N) is 2. The molecule has 0 spiro atoms. The minimum absolute atomic E-state index is 0.0910. The van der Waals surface area contributed by atoms with Crippen LogP contribution in [0.1, 0.15) is 56.6 Å². The van der Waals surface area contributed by atoms with Gasteiger partial charge >= 0.3 is 0 Å². The van der Waals surface area contributed by atoms with Crippen molar-refractivity contribution in [1.82, 2.24) is 5.32 Å². The number of halogens is 1. The lowest BCUT2D eigenvalue weighted by atomic mass is 10.1. The monoisotopic (exact) mass is 490 g/mol. The van der Waals surface area contributed by atoms with Crippen molar-refractivity contribution in [2.75, 3.05) is 25.6 Å². The highest BCUT2D eigenvalue weighted by Gasteiger charge is 2.12. The number of carbonyl (C=O) groups excluding carboxylic acids is 1. The summed E-state index contributed by atoms with van der Waals surface area (Å²) in [6, 6.07) is 11.5. The maximum Gasteiger partial charge on any atom is 0.262 e. The van der Waals surface area contributed by atoms with Crippen LogP contribution in [-0.4, -0.2) is 26.2 Å². The third-order valence-electron chi connectivity index (χ3n) is 5.05. The molecule has 0 aliphatic rings. The van der Waals surface area contributed by atoms with Crippen LogP contribution in [0, 0.1) is 6.92 Å². The predicted octanol–water partition coefficient (Wildman–Crippen LogP) is 6.23. The molecule has 0 saturated carbocycles. The molecule has 2 rings (SSSR count). The van der Waals surface area contributed by atoms with E-state index >= 15 is 0 Å². The van der Waals surface area contributed by atoms with Gasteiger partial charge in [-0.25, -0.2) is 0 Å². The third kappa shape index (κ3) is 9.32. The summed E-state index contributed by atoms with van der Waals surface area (Å²) in [5.41, 5.74) is 2.99. The quantitative estimate of drug-likeness (QED) is 0.308. The van der Waals surface area contributed by atoms with Gasteiger partial charge in [-0.05, 0) is 49.7 Å². The van der Waals surface area contributed by atoms with Crippen LogP contribution in [0.4, 0.5) is 5.69 Å². The number of carbonyl (C=O) groups is 1. The Kier molecular flexibility index (Phi) is 11.5. The van der Waals surface area contributed by atoms with Crippen molar-refractivity contribution in [3.8, 4) is 11.5 Å². The molecule has 0 bridgehead atoms. The van der Waals surface area contributed by atoms with E-state index in [9.17, 15) is 4.79 Å². The second-order valence-electron chi connectivity index (χ2n) is 7.74. The van der Waals surface area contributed by atoms with E-state index in [-0.39, 0.29) is 12.5 Å². The number of benzene rings is 2. The second-order valence-corrected chi connectivity index (χ2v) is 8.60. The van der Waals surface area contributed by atoms with Gasteiger partial charge in [0.2, 0.25) is 0 Å². The molecule has 31 heavy (non-hydrogen) atoms. The van der Waals surface area contributed by atoms with Crippen LogP contribution in [0.15, 0.2) is 40.9 Å². The minimum Gasteiger partial charge on any atom is -0.493 e. The fourth-order valence-corrected chi connectivity index (χ4v) is 3.68. The summed E-state index contributed by atoms with van der Waals surface area (Å²) in [5.74, 6) is 0.933. The molecule has 0 radical (unpaired) electrons. The lowest BCUT2D eigenvalue weighted by Crippen LogP contribution is -2.20. The molecule has 2 aromatic rings. The van der Waals surface area contributed by atoms with Gasteiger partial charge < -0.3 is 20.1 Å². The summed E-state index contributed by atoms with van der Waals surface area (Å²) in [6.45, 7) is 5.90.